The summed E-state index contributed by atoms with van der Waals surface area (Å²) in [7, 11) is 0. The predicted octanol–water partition coefficient (Wildman–Crippen LogP) is 9.26. The Kier molecular flexibility index (Phi) is 10.7. The van der Waals surface area contributed by atoms with Gasteiger partial charge in [0.15, 0.2) is 11.6 Å². The van der Waals surface area contributed by atoms with Crippen LogP contribution in [-0.2, 0) is 9.53 Å². The Morgan fingerprint density at radius 2 is 1.56 bits per heavy atom. The van der Waals surface area contributed by atoms with Gasteiger partial charge < -0.3 is 14.4 Å². The van der Waals surface area contributed by atoms with Gasteiger partial charge in [0, 0.05) is 34.8 Å². The summed E-state index contributed by atoms with van der Waals surface area (Å²) in [5.74, 6) is -3.48. The van der Waals surface area contributed by atoms with E-state index in [1.807, 2.05) is 37.3 Å². The van der Waals surface area contributed by atoms with Crippen LogP contribution in [0.3, 0.4) is 0 Å². The Hall–Kier alpha value is -5.33. The third kappa shape index (κ3) is 7.46. The summed E-state index contributed by atoms with van der Waals surface area (Å²) in [4.78, 5) is 61.2. The van der Waals surface area contributed by atoms with Crippen molar-refractivity contribution in [3.63, 3.8) is 0 Å². The summed E-state index contributed by atoms with van der Waals surface area (Å²) < 4.78 is 11.7. The molecule has 0 radical (unpaired) electrons. The van der Waals surface area contributed by atoms with E-state index in [-0.39, 0.29) is 22.4 Å². The zero-order chi connectivity index (χ0) is 35.2. The zero-order valence-corrected chi connectivity index (χ0v) is 29.4. The molecule has 0 N–H and O–H groups in total. The SMILES string of the molecule is CCCCOC(=O)c1ccc(OC(=O)/C(=C/c2cc3sc(N=Nc4ccc(N(CC)CC)cc4)nc3s2)C2C(=O)c3ccccc3C2=O)cc1. The van der Waals surface area contributed by atoms with Crippen molar-refractivity contribution in [3.05, 3.63) is 106 Å². The van der Waals surface area contributed by atoms with Gasteiger partial charge >= 0.3 is 11.9 Å². The third-order valence-corrected chi connectivity index (χ3v) is 10.2. The van der Waals surface area contributed by atoms with Gasteiger partial charge in [-0.15, -0.1) is 21.6 Å². The summed E-state index contributed by atoms with van der Waals surface area (Å²) in [5, 5.41) is 9.14. The number of carbonyl (C=O) groups is 4. The first-order valence-corrected chi connectivity index (χ1v) is 18.0. The molecule has 0 unspecified atom stereocenters. The van der Waals surface area contributed by atoms with Crippen molar-refractivity contribution in [3.8, 4) is 5.75 Å². The van der Waals surface area contributed by atoms with Crippen LogP contribution in [0.5, 0.6) is 5.75 Å². The molecule has 5 aromatic rings. The molecule has 0 spiro atoms. The Balaban J connectivity index is 1.24. The number of unbranched alkanes of at least 4 members (excludes halogenated alkanes) is 1. The molecule has 0 fully saturated rings. The lowest BCUT2D eigenvalue weighted by Gasteiger charge is -2.20. The quantitative estimate of drug-likeness (QED) is 0.0296. The number of hydrogen-bond acceptors (Lipinski definition) is 12. The number of ether oxygens (including phenoxy) is 2. The fourth-order valence-corrected chi connectivity index (χ4v) is 7.53. The molecule has 3 aromatic carbocycles. The largest absolute Gasteiger partial charge is 0.462 e. The molecule has 2 aromatic heterocycles. The monoisotopic (exact) mass is 706 g/mol. The maximum atomic E-state index is 13.7. The maximum Gasteiger partial charge on any atom is 0.340 e. The standard InChI is InChI=1S/C38H34N4O6S2/c1-4-7-20-47-36(45)23-12-18-26(19-13-23)48-37(46)30(32-33(43)28-10-8-9-11-29(28)34(32)44)21-27-22-31-35(49-27)39-38(50-31)41-40-24-14-16-25(17-15-24)42(5-2)6-3/h8-19,21-22,32H,4-7,20H2,1-3H3/b30-21+,41-40?. The number of carbonyl (C=O) groups excluding carboxylic acids is 4. The molecule has 1 aliphatic rings. The van der Waals surface area contributed by atoms with Crippen molar-refractivity contribution in [2.24, 2.45) is 16.1 Å². The molecular formula is C38H34N4O6S2. The number of Topliss-reactive ketones (excluding diaryl/α,β-unsaturated/α-hetero) is 2. The van der Waals surface area contributed by atoms with Gasteiger partial charge in [0.2, 0.25) is 5.13 Å². The minimum Gasteiger partial charge on any atom is -0.462 e. The molecule has 0 amide bonds. The van der Waals surface area contributed by atoms with Crippen LogP contribution in [0.2, 0.25) is 0 Å². The molecule has 0 aliphatic heterocycles. The van der Waals surface area contributed by atoms with Gasteiger partial charge in [-0.1, -0.05) is 48.9 Å². The summed E-state index contributed by atoms with van der Waals surface area (Å²) in [6, 6.07) is 22.1. The number of azo groups is 1. The normalized spacial score (nSPS) is 13.3. The number of thiazole rings is 1. The van der Waals surface area contributed by atoms with Crippen molar-refractivity contribution in [2.45, 2.75) is 33.6 Å². The lowest BCUT2D eigenvalue weighted by molar-refractivity contribution is -0.130. The Bertz CT molecular complexity index is 2040. The van der Waals surface area contributed by atoms with E-state index in [0.29, 0.717) is 32.7 Å². The number of rotatable bonds is 13. The Morgan fingerprint density at radius 1 is 0.880 bits per heavy atom. The van der Waals surface area contributed by atoms with Gasteiger partial charge in [-0.05, 0) is 80.9 Å². The van der Waals surface area contributed by atoms with Crippen molar-refractivity contribution < 1.29 is 28.7 Å². The minimum absolute atomic E-state index is 0.0961. The molecule has 2 heterocycles. The van der Waals surface area contributed by atoms with Gasteiger partial charge in [0.25, 0.3) is 0 Å². The first kappa shape index (κ1) is 34.5. The number of thiophene rings is 1. The number of nitrogens with zero attached hydrogens (tertiary/aromatic N) is 4. The van der Waals surface area contributed by atoms with Crippen LogP contribution in [-0.4, -0.2) is 48.2 Å². The summed E-state index contributed by atoms with van der Waals surface area (Å²) >= 11 is 2.63. The number of hydrogen-bond donors (Lipinski definition) is 0. The fraction of sp³-hybridized carbons (Fsp3) is 0.237. The minimum atomic E-state index is -1.36. The molecule has 10 nitrogen and oxygen atoms in total. The van der Waals surface area contributed by atoms with E-state index in [0.717, 1.165) is 36.3 Å². The van der Waals surface area contributed by atoms with Crippen molar-refractivity contribution >= 4 is 78.3 Å². The zero-order valence-electron chi connectivity index (χ0n) is 27.8. The van der Waals surface area contributed by atoms with Gasteiger partial charge in [0.05, 0.1) is 28.1 Å². The number of anilines is 1. The van der Waals surface area contributed by atoms with Crippen LogP contribution in [0.1, 0.15) is 69.6 Å². The average molecular weight is 707 g/mol. The molecule has 6 rings (SSSR count). The fourth-order valence-electron chi connectivity index (χ4n) is 5.53. The highest BCUT2D eigenvalue weighted by Crippen LogP contribution is 2.38. The van der Waals surface area contributed by atoms with E-state index < -0.39 is 29.4 Å². The number of ketones is 2. The van der Waals surface area contributed by atoms with Gasteiger partial charge in [-0.3, -0.25) is 9.59 Å². The molecule has 1 aliphatic carbocycles. The van der Waals surface area contributed by atoms with Crippen LogP contribution in [0, 0.1) is 5.92 Å². The number of aromatic nitrogens is 1. The molecule has 0 bridgehead atoms. The highest BCUT2D eigenvalue weighted by Gasteiger charge is 2.43. The first-order valence-electron chi connectivity index (χ1n) is 16.3. The Labute approximate surface area is 297 Å². The van der Waals surface area contributed by atoms with Crippen LogP contribution in [0.15, 0.2) is 94.7 Å². The lowest BCUT2D eigenvalue weighted by atomic mass is 9.93. The Morgan fingerprint density at radius 3 is 2.18 bits per heavy atom. The lowest BCUT2D eigenvalue weighted by Crippen LogP contribution is -2.26. The second kappa shape index (κ2) is 15.5. The average Bonchev–Trinajstić information content (AvgIpc) is 3.77. The van der Waals surface area contributed by atoms with Crippen molar-refractivity contribution in [1.82, 2.24) is 4.98 Å². The molecule has 12 heteroatoms. The second-order valence-corrected chi connectivity index (χ2v) is 13.5. The van der Waals surface area contributed by atoms with Gasteiger partial charge in [-0.25, -0.2) is 14.6 Å². The summed E-state index contributed by atoms with van der Waals surface area (Å²) in [6.45, 7) is 8.38. The predicted molar refractivity (Wildman–Crippen MR) is 196 cm³/mol. The van der Waals surface area contributed by atoms with Gasteiger partial charge in [0.1, 0.15) is 16.5 Å². The topological polar surface area (TPSA) is 128 Å². The molecule has 0 saturated heterocycles. The van der Waals surface area contributed by atoms with Crippen molar-refractivity contribution in [1.29, 1.82) is 0 Å². The smallest absolute Gasteiger partial charge is 0.340 e. The molecule has 0 atom stereocenters. The number of esters is 2. The van der Waals surface area contributed by atoms with E-state index >= 15 is 0 Å². The molecule has 254 valence electrons. The maximum absolute atomic E-state index is 13.7. The van der Waals surface area contributed by atoms with E-state index in [9.17, 15) is 19.2 Å². The highest BCUT2D eigenvalue weighted by molar-refractivity contribution is 7.29. The number of benzene rings is 3. The van der Waals surface area contributed by atoms with Crippen LogP contribution in [0.4, 0.5) is 16.5 Å². The molecule has 0 saturated carbocycles. The first-order chi connectivity index (χ1) is 24.3. The third-order valence-electron chi connectivity index (χ3n) is 8.18. The summed E-state index contributed by atoms with van der Waals surface area (Å²) in [5.41, 5.74) is 2.57. The number of fused-ring (bicyclic) bond motifs is 2. The highest BCUT2D eigenvalue weighted by atomic mass is 32.1. The van der Waals surface area contributed by atoms with Crippen LogP contribution in [0.25, 0.3) is 15.6 Å². The van der Waals surface area contributed by atoms with E-state index in [1.165, 1.54) is 53.0 Å². The van der Waals surface area contributed by atoms with E-state index in [2.05, 4.69) is 34.0 Å². The molecular weight excluding hydrogens is 673 g/mol. The van der Waals surface area contributed by atoms with Crippen molar-refractivity contribution in [2.75, 3.05) is 24.6 Å². The van der Waals surface area contributed by atoms with E-state index in [4.69, 9.17) is 9.47 Å². The van der Waals surface area contributed by atoms with Gasteiger partial charge in [-0.2, -0.15) is 0 Å². The van der Waals surface area contributed by atoms with E-state index in [1.54, 1.807) is 24.3 Å². The second-order valence-electron chi connectivity index (χ2n) is 11.4. The van der Waals surface area contributed by atoms with Crippen LogP contribution < -0.4 is 9.64 Å². The molecule has 50 heavy (non-hydrogen) atoms. The summed E-state index contributed by atoms with van der Waals surface area (Å²) in [6.07, 6.45) is 3.18. The van der Waals surface area contributed by atoms with Crippen LogP contribution >= 0.6 is 22.7 Å².